The topological polar surface area (TPSA) is 42.2 Å². The number of nitrogens with two attached hydrogens (primary N) is 1. The molecule has 2 aromatic rings. The summed E-state index contributed by atoms with van der Waals surface area (Å²) in [5.74, 6) is 1.13. The van der Waals surface area contributed by atoms with Gasteiger partial charge >= 0.3 is 0 Å². The minimum absolute atomic E-state index is 0.502. The molecule has 1 aliphatic heterocycles. The maximum atomic E-state index is 5.79. The number of nitrogens with zero attached hydrogens (tertiary/aromatic N) is 2. The third-order valence-corrected chi connectivity index (χ3v) is 4.10. The Balaban J connectivity index is 2.15. The molecule has 2 heterocycles. The monoisotopic (exact) mass is 255 g/mol. The van der Waals surface area contributed by atoms with Crippen LogP contribution >= 0.6 is 0 Å². The fourth-order valence-corrected chi connectivity index (χ4v) is 3.10. The average Bonchev–Trinajstić information content (AvgIpc) is 2.94. The Morgan fingerprint density at radius 1 is 1.37 bits per heavy atom. The summed E-state index contributed by atoms with van der Waals surface area (Å²) in [5, 5.41) is 2.50. The molecule has 1 aromatic carbocycles. The zero-order chi connectivity index (χ0) is 13.2. The minimum atomic E-state index is 0.502. The molecule has 2 N–H and O–H groups in total. The first-order valence-corrected chi connectivity index (χ1v) is 7.19. The molecule has 3 heteroatoms. The molecule has 0 bridgehead atoms. The van der Waals surface area contributed by atoms with Crippen LogP contribution in [0.2, 0.25) is 0 Å². The maximum absolute atomic E-state index is 5.79. The molecule has 3 nitrogen and oxygen atoms in total. The molecule has 0 saturated carbocycles. The van der Waals surface area contributed by atoms with Crippen LogP contribution in [0.3, 0.4) is 0 Å². The fraction of sp³-hybridized carbons (Fsp3) is 0.438. The minimum Gasteiger partial charge on any atom is -0.353 e. The Morgan fingerprint density at radius 2 is 2.21 bits per heavy atom. The second-order valence-corrected chi connectivity index (χ2v) is 5.26. The molecule has 0 amide bonds. The largest absolute Gasteiger partial charge is 0.353 e. The van der Waals surface area contributed by atoms with Crippen molar-refractivity contribution in [2.75, 3.05) is 11.4 Å². The number of hydrogen-bond donors (Lipinski definition) is 1. The second kappa shape index (κ2) is 5.17. The quantitative estimate of drug-likeness (QED) is 0.916. The summed E-state index contributed by atoms with van der Waals surface area (Å²) in [6.07, 6.45) is 3.73. The molecule has 100 valence electrons. The van der Waals surface area contributed by atoms with Crippen LogP contribution in [-0.2, 0) is 6.54 Å². The van der Waals surface area contributed by atoms with Crippen LogP contribution in [0.1, 0.15) is 31.9 Å². The van der Waals surface area contributed by atoms with E-state index in [-0.39, 0.29) is 0 Å². The first-order valence-electron chi connectivity index (χ1n) is 7.19. The van der Waals surface area contributed by atoms with Crippen molar-refractivity contribution in [3.05, 3.63) is 36.0 Å². The summed E-state index contributed by atoms with van der Waals surface area (Å²) in [6.45, 7) is 3.88. The van der Waals surface area contributed by atoms with Crippen molar-refractivity contribution in [3.8, 4) is 0 Å². The number of aromatic nitrogens is 1. The van der Waals surface area contributed by atoms with Gasteiger partial charge in [0.2, 0.25) is 0 Å². The van der Waals surface area contributed by atoms with Gasteiger partial charge in [0.05, 0.1) is 5.69 Å². The number of pyridine rings is 1. The number of benzene rings is 1. The molecule has 19 heavy (non-hydrogen) atoms. The highest BCUT2D eigenvalue weighted by Gasteiger charge is 2.25. The van der Waals surface area contributed by atoms with Crippen molar-refractivity contribution in [1.29, 1.82) is 0 Å². The van der Waals surface area contributed by atoms with E-state index in [9.17, 15) is 0 Å². The Labute approximate surface area is 114 Å². The van der Waals surface area contributed by atoms with Gasteiger partial charge < -0.3 is 10.6 Å². The second-order valence-electron chi connectivity index (χ2n) is 5.26. The third kappa shape index (κ3) is 2.19. The molecular formula is C16H21N3. The molecule has 1 aliphatic rings. The van der Waals surface area contributed by atoms with Crippen LogP contribution in [-0.4, -0.2) is 17.6 Å². The lowest BCUT2D eigenvalue weighted by molar-refractivity contribution is 0.641. The van der Waals surface area contributed by atoms with Crippen molar-refractivity contribution < 1.29 is 0 Å². The lowest BCUT2D eigenvalue weighted by atomic mass is 10.1. The molecular weight excluding hydrogens is 234 g/mol. The van der Waals surface area contributed by atoms with Gasteiger partial charge in [-0.25, -0.2) is 4.98 Å². The summed E-state index contributed by atoms with van der Waals surface area (Å²) in [7, 11) is 0. The number of anilines is 1. The van der Waals surface area contributed by atoms with Crippen molar-refractivity contribution >= 4 is 16.6 Å². The predicted molar refractivity (Wildman–Crippen MR) is 80.3 cm³/mol. The van der Waals surface area contributed by atoms with Gasteiger partial charge in [-0.1, -0.05) is 31.2 Å². The standard InChI is InChI=1S/C16H21N3/c1-2-14-7-5-9-19(14)16-15-8-4-3-6-12(15)10-13(11-17)18-16/h3-4,6,8,10,14H,2,5,7,9,11,17H2,1H3. The van der Waals surface area contributed by atoms with Gasteiger partial charge in [0, 0.05) is 24.5 Å². The Kier molecular flexibility index (Phi) is 3.38. The van der Waals surface area contributed by atoms with Crippen molar-refractivity contribution in [3.63, 3.8) is 0 Å². The molecule has 0 aliphatic carbocycles. The van der Waals surface area contributed by atoms with E-state index < -0.39 is 0 Å². The predicted octanol–water partition coefficient (Wildman–Crippen LogP) is 3.07. The Hall–Kier alpha value is -1.61. The highest BCUT2D eigenvalue weighted by Crippen LogP contribution is 2.32. The van der Waals surface area contributed by atoms with Crippen LogP contribution in [0, 0.1) is 0 Å². The molecule has 1 saturated heterocycles. The smallest absolute Gasteiger partial charge is 0.137 e. The zero-order valence-electron chi connectivity index (χ0n) is 11.5. The van der Waals surface area contributed by atoms with Gasteiger partial charge in [-0.05, 0) is 30.7 Å². The van der Waals surface area contributed by atoms with Crippen molar-refractivity contribution in [1.82, 2.24) is 4.98 Å². The van der Waals surface area contributed by atoms with E-state index in [2.05, 4.69) is 42.2 Å². The normalized spacial score (nSPS) is 19.3. The Morgan fingerprint density at radius 3 is 3.00 bits per heavy atom. The first-order chi connectivity index (χ1) is 9.33. The van der Waals surface area contributed by atoms with E-state index in [1.165, 1.54) is 30.0 Å². The van der Waals surface area contributed by atoms with Crippen LogP contribution in [0.4, 0.5) is 5.82 Å². The van der Waals surface area contributed by atoms with Gasteiger partial charge in [0.25, 0.3) is 0 Å². The molecule has 1 fully saturated rings. The van der Waals surface area contributed by atoms with Gasteiger partial charge in [0.1, 0.15) is 5.82 Å². The molecule has 0 spiro atoms. The van der Waals surface area contributed by atoms with Crippen molar-refractivity contribution in [2.45, 2.75) is 38.8 Å². The summed E-state index contributed by atoms with van der Waals surface area (Å²) in [5.41, 5.74) is 6.78. The highest BCUT2D eigenvalue weighted by molar-refractivity contribution is 5.92. The van der Waals surface area contributed by atoms with Crippen molar-refractivity contribution in [2.24, 2.45) is 5.73 Å². The molecule has 0 radical (unpaired) electrons. The van der Waals surface area contributed by atoms with E-state index >= 15 is 0 Å². The van der Waals surface area contributed by atoms with E-state index in [0.717, 1.165) is 18.1 Å². The van der Waals surface area contributed by atoms with Gasteiger partial charge in [-0.3, -0.25) is 0 Å². The molecule has 1 atom stereocenters. The lowest BCUT2D eigenvalue weighted by Gasteiger charge is -2.26. The fourth-order valence-electron chi connectivity index (χ4n) is 3.10. The van der Waals surface area contributed by atoms with E-state index in [0.29, 0.717) is 12.6 Å². The maximum Gasteiger partial charge on any atom is 0.137 e. The molecule has 1 unspecified atom stereocenters. The third-order valence-electron chi connectivity index (χ3n) is 4.10. The highest BCUT2D eigenvalue weighted by atomic mass is 15.2. The van der Waals surface area contributed by atoms with Crippen LogP contribution in [0.15, 0.2) is 30.3 Å². The first kappa shape index (κ1) is 12.4. The van der Waals surface area contributed by atoms with Gasteiger partial charge in [-0.2, -0.15) is 0 Å². The van der Waals surface area contributed by atoms with Crippen LogP contribution in [0.5, 0.6) is 0 Å². The number of hydrogen-bond acceptors (Lipinski definition) is 3. The number of fused-ring (bicyclic) bond motifs is 1. The van der Waals surface area contributed by atoms with Gasteiger partial charge in [0.15, 0.2) is 0 Å². The zero-order valence-corrected chi connectivity index (χ0v) is 11.5. The van der Waals surface area contributed by atoms with E-state index in [1.807, 2.05) is 0 Å². The average molecular weight is 255 g/mol. The summed E-state index contributed by atoms with van der Waals surface area (Å²) in [6, 6.07) is 11.2. The summed E-state index contributed by atoms with van der Waals surface area (Å²) >= 11 is 0. The lowest BCUT2D eigenvalue weighted by Crippen LogP contribution is -2.29. The van der Waals surface area contributed by atoms with Gasteiger partial charge in [-0.15, -0.1) is 0 Å². The summed E-state index contributed by atoms with van der Waals surface area (Å²) in [4.78, 5) is 7.27. The number of rotatable bonds is 3. The SMILES string of the molecule is CCC1CCCN1c1nc(CN)cc2ccccc12. The molecule has 1 aromatic heterocycles. The van der Waals surface area contributed by atoms with Crippen LogP contribution < -0.4 is 10.6 Å². The summed E-state index contributed by atoms with van der Waals surface area (Å²) < 4.78 is 0. The van der Waals surface area contributed by atoms with E-state index in [4.69, 9.17) is 10.7 Å². The van der Waals surface area contributed by atoms with Crippen LogP contribution in [0.25, 0.3) is 10.8 Å². The van der Waals surface area contributed by atoms with E-state index in [1.54, 1.807) is 0 Å². The molecule has 3 rings (SSSR count). The Bertz CT molecular complexity index is 579.